The molecular formula is C10H12O2. The van der Waals surface area contributed by atoms with E-state index in [0.29, 0.717) is 0 Å². The van der Waals surface area contributed by atoms with Crippen molar-refractivity contribution in [1.29, 1.82) is 0 Å². The fourth-order valence-electron chi connectivity index (χ4n) is 0.928. The summed E-state index contributed by atoms with van der Waals surface area (Å²) in [6, 6.07) is 7.26. The molecule has 2 nitrogen and oxygen atoms in total. The third-order valence-corrected chi connectivity index (χ3v) is 1.66. The van der Waals surface area contributed by atoms with Crippen molar-refractivity contribution >= 4 is 5.76 Å². The van der Waals surface area contributed by atoms with E-state index in [0.717, 1.165) is 11.3 Å². The molecule has 0 aliphatic heterocycles. The average Bonchev–Trinajstić information content (AvgIpc) is 2.17. The Balaban J connectivity index is 2.92. The van der Waals surface area contributed by atoms with Gasteiger partial charge >= 0.3 is 0 Å². The van der Waals surface area contributed by atoms with Crippen LogP contribution in [-0.4, -0.2) is 12.2 Å². The molecule has 2 heteroatoms. The Morgan fingerprint density at radius 2 is 1.92 bits per heavy atom. The van der Waals surface area contributed by atoms with Crippen molar-refractivity contribution in [2.45, 2.75) is 6.92 Å². The van der Waals surface area contributed by atoms with Gasteiger partial charge in [0.2, 0.25) is 0 Å². The lowest BCUT2D eigenvalue weighted by Gasteiger charge is -2.01. The number of hydrogen-bond acceptors (Lipinski definition) is 2. The fourth-order valence-corrected chi connectivity index (χ4v) is 0.928. The van der Waals surface area contributed by atoms with E-state index in [1.165, 1.54) is 0 Å². The average molecular weight is 164 g/mol. The van der Waals surface area contributed by atoms with E-state index in [9.17, 15) is 5.11 Å². The van der Waals surface area contributed by atoms with Gasteiger partial charge in [0.1, 0.15) is 11.5 Å². The Morgan fingerprint density at radius 1 is 1.33 bits per heavy atom. The monoisotopic (exact) mass is 164 g/mol. The zero-order chi connectivity index (χ0) is 8.97. The maximum Gasteiger partial charge on any atom is 0.118 e. The minimum Gasteiger partial charge on any atom is -0.508 e. The Kier molecular flexibility index (Phi) is 2.75. The van der Waals surface area contributed by atoms with Crippen LogP contribution >= 0.6 is 0 Å². The molecule has 0 heterocycles. The van der Waals surface area contributed by atoms with E-state index in [2.05, 4.69) is 0 Å². The maximum absolute atomic E-state index is 9.31. The predicted molar refractivity (Wildman–Crippen MR) is 49.3 cm³/mol. The topological polar surface area (TPSA) is 29.5 Å². The first-order valence-electron chi connectivity index (χ1n) is 3.77. The molecule has 12 heavy (non-hydrogen) atoms. The molecule has 0 saturated heterocycles. The number of aliphatic hydroxyl groups is 1. The second-order valence-corrected chi connectivity index (χ2v) is 2.40. The number of rotatable bonds is 2. The van der Waals surface area contributed by atoms with Crippen LogP contribution in [0.5, 0.6) is 5.75 Å². The van der Waals surface area contributed by atoms with Crippen LogP contribution in [-0.2, 0) is 0 Å². The predicted octanol–water partition coefficient (Wildman–Crippen LogP) is 2.61. The molecule has 0 bridgehead atoms. The van der Waals surface area contributed by atoms with Gasteiger partial charge in [-0.1, -0.05) is 0 Å². The molecule has 0 saturated carbocycles. The van der Waals surface area contributed by atoms with Crippen molar-refractivity contribution in [2.75, 3.05) is 7.11 Å². The first-order chi connectivity index (χ1) is 5.77. The minimum absolute atomic E-state index is 0.289. The molecule has 1 aromatic carbocycles. The summed E-state index contributed by atoms with van der Waals surface area (Å²) >= 11 is 0. The summed E-state index contributed by atoms with van der Waals surface area (Å²) in [5.41, 5.74) is 0.804. The summed E-state index contributed by atoms with van der Waals surface area (Å²) in [4.78, 5) is 0. The first-order valence-corrected chi connectivity index (χ1v) is 3.77. The van der Waals surface area contributed by atoms with Gasteiger partial charge in [0.25, 0.3) is 0 Å². The summed E-state index contributed by atoms with van der Waals surface area (Å²) in [6.07, 6.45) is 1.65. The van der Waals surface area contributed by atoms with Gasteiger partial charge in [-0.3, -0.25) is 0 Å². The largest absolute Gasteiger partial charge is 0.508 e. The van der Waals surface area contributed by atoms with Crippen LogP contribution in [0.3, 0.4) is 0 Å². The second kappa shape index (κ2) is 3.81. The normalized spacial score (nSPS) is 11.3. The molecule has 0 atom stereocenters. The van der Waals surface area contributed by atoms with Crippen molar-refractivity contribution in [3.8, 4) is 5.75 Å². The summed E-state index contributed by atoms with van der Waals surface area (Å²) in [5, 5.41) is 9.31. The lowest BCUT2D eigenvalue weighted by molar-refractivity contribution is 0.414. The van der Waals surface area contributed by atoms with Crippen LogP contribution in [0.25, 0.3) is 5.76 Å². The summed E-state index contributed by atoms with van der Waals surface area (Å²) in [7, 11) is 1.62. The quantitative estimate of drug-likeness (QED) is 0.681. The van der Waals surface area contributed by atoms with Crippen LogP contribution in [0.15, 0.2) is 30.3 Å². The third kappa shape index (κ3) is 1.78. The molecule has 64 valence electrons. The van der Waals surface area contributed by atoms with E-state index in [1.807, 2.05) is 24.3 Å². The molecular weight excluding hydrogens is 152 g/mol. The zero-order valence-corrected chi connectivity index (χ0v) is 7.24. The van der Waals surface area contributed by atoms with E-state index in [1.54, 1.807) is 20.1 Å². The molecule has 0 unspecified atom stereocenters. The van der Waals surface area contributed by atoms with Crippen molar-refractivity contribution in [3.63, 3.8) is 0 Å². The fraction of sp³-hybridized carbons (Fsp3) is 0.200. The Labute approximate surface area is 72.1 Å². The van der Waals surface area contributed by atoms with Crippen molar-refractivity contribution < 1.29 is 9.84 Å². The van der Waals surface area contributed by atoms with Crippen LogP contribution in [0.2, 0.25) is 0 Å². The zero-order valence-electron chi connectivity index (χ0n) is 7.24. The van der Waals surface area contributed by atoms with Crippen LogP contribution in [0.1, 0.15) is 12.5 Å². The molecule has 0 spiro atoms. The molecule has 0 aliphatic rings. The van der Waals surface area contributed by atoms with E-state index in [4.69, 9.17) is 4.74 Å². The van der Waals surface area contributed by atoms with Crippen LogP contribution in [0.4, 0.5) is 0 Å². The van der Waals surface area contributed by atoms with Crippen LogP contribution in [0, 0.1) is 0 Å². The molecule has 1 N–H and O–H groups in total. The standard InChI is InChI=1S/C10H12O2/c1-3-10(11)8-4-6-9(12-2)7-5-8/h3-7,11H,1-2H3/b10-3+. The number of ether oxygens (including phenoxy) is 1. The molecule has 0 amide bonds. The lowest BCUT2D eigenvalue weighted by atomic mass is 10.2. The van der Waals surface area contributed by atoms with Gasteiger partial charge in [-0.2, -0.15) is 0 Å². The summed E-state index contributed by atoms with van der Waals surface area (Å²) in [5.74, 6) is 1.08. The molecule has 0 aliphatic carbocycles. The van der Waals surface area contributed by atoms with E-state index in [-0.39, 0.29) is 5.76 Å². The highest BCUT2D eigenvalue weighted by Crippen LogP contribution is 2.16. The molecule has 1 aromatic rings. The maximum atomic E-state index is 9.31. The first kappa shape index (κ1) is 8.65. The van der Waals surface area contributed by atoms with Gasteiger partial charge in [0.15, 0.2) is 0 Å². The summed E-state index contributed by atoms with van der Waals surface area (Å²) in [6.45, 7) is 1.79. The Morgan fingerprint density at radius 3 is 2.33 bits per heavy atom. The van der Waals surface area contributed by atoms with Gasteiger partial charge < -0.3 is 9.84 Å². The molecule has 1 rings (SSSR count). The molecule has 0 radical (unpaired) electrons. The number of methoxy groups -OCH3 is 1. The van der Waals surface area contributed by atoms with Gasteiger partial charge in [-0.15, -0.1) is 0 Å². The van der Waals surface area contributed by atoms with Crippen molar-refractivity contribution in [2.24, 2.45) is 0 Å². The Bertz CT molecular complexity index is 272. The van der Waals surface area contributed by atoms with Gasteiger partial charge in [-0.05, 0) is 37.3 Å². The third-order valence-electron chi connectivity index (χ3n) is 1.66. The van der Waals surface area contributed by atoms with Gasteiger partial charge in [-0.25, -0.2) is 0 Å². The SMILES string of the molecule is C/C=C(/O)c1ccc(OC)cc1. The Hall–Kier alpha value is -1.44. The highest BCUT2D eigenvalue weighted by Gasteiger charge is 1.96. The lowest BCUT2D eigenvalue weighted by Crippen LogP contribution is -1.84. The smallest absolute Gasteiger partial charge is 0.118 e. The number of allylic oxidation sites excluding steroid dienone is 1. The van der Waals surface area contributed by atoms with Gasteiger partial charge in [0, 0.05) is 5.56 Å². The number of hydrogen-bond donors (Lipinski definition) is 1. The number of benzene rings is 1. The van der Waals surface area contributed by atoms with Gasteiger partial charge in [0.05, 0.1) is 7.11 Å². The highest BCUT2D eigenvalue weighted by atomic mass is 16.5. The summed E-state index contributed by atoms with van der Waals surface area (Å²) < 4.78 is 4.98. The molecule has 0 fully saturated rings. The van der Waals surface area contributed by atoms with Crippen molar-refractivity contribution in [1.82, 2.24) is 0 Å². The number of aliphatic hydroxyl groups excluding tert-OH is 1. The second-order valence-electron chi connectivity index (χ2n) is 2.40. The van der Waals surface area contributed by atoms with Crippen molar-refractivity contribution in [3.05, 3.63) is 35.9 Å². The van der Waals surface area contributed by atoms with E-state index >= 15 is 0 Å². The van der Waals surface area contributed by atoms with E-state index < -0.39 is 0 Å². The van der Waals surface area contributed by atoms with Crippen LogP contribution < -0.4 is 4.74 Å². The highest BCUT2D eigenvalue weighted by molar-refractivity contribution is 5.58. The molecule has 0 aromatic heterocycles. The minimum atomic E-state index is 0.289.